The van der Waals surface area contributed by atoms with Crippen molar-refractivity contribution in [3.8, 4) is 0 Å². The van der Waals surface area contributed by atoms with Gasteiger partial charge in [-0.3, -0.25) is 9.59 Å². The van der Waals surface area contributed by atoms with Crippen LogP contribution in [0, 0.1) is 0 Å². The summed E-state index contributed by atoms with van der Waals surface area (Å²) in [5.74, 6) is -1.83. The number of nitrogens with zero attached hydrogens (tertiary/aromatic N) is 2. The molecule has 35 heavy (non-hydrogen) atoms. The zero-order valence-corrected chi connectivity index (χ0v) is 20.8. The van der Waals surface area contributed by atoms with Crippen LogP contribution in [0.3, 0.4) is 0 Å². The highest BCUT2D eigenvalue weighted by Crippen LogP contribution is 2.48. The highest BCUT2D eigenvalue weighted by molar-refractivity contribution is 6.26. The molecular weight excluding hydrogens is 444 g/mol. The van der Waals surface area contributed by atoms with Crippen LogP contribution in [0.15, 0.2) is 60.8 Å². The van der Waals surface area contributed by atoms with Crippen molar-refractivity contribution in [3.05, 3.63) is 77.5 Å². The first kappa shape index (κ1) is 24.7. The van der Waals surface area contributed by atoms with Gasteiger partial charge in [-0.15, -0.1) is 0 Å². The summed E-state index contributed by atoms with van der Waals surface area (Å²) in [4.78, 5) is 42.1. The standard InChI is InChI=1S/C28H32N2O5/c1-18(31)30-26(2,3)15-20(16-27(30,4)5)29-17-22(19-11-7-6-8-12-19)24(32)28(29,35)23-14-10-9-13-21(23)25(33)34/h6-14,17,20,35H,15-16H2,1-5H3,(H,33,34). The van der Waals surface area contributed by atoms with Gasteiger partial charge in [0.05, 0.1) is 5.56 Å². The molecule has 1 saturated heterocycles. The van der Waals surface area contributed by atoms with E-state index < -0.39 is 28.6 Å². The Hall–Kier alpha value is -3.45. The summed E-state index contributed by atoms with van der Waals surface area (Å²) < 4.78 is 0. The lowest BCUT2D eigenvalue weighted by Crippen LogP contribution is -2.66. The summed E-state index contributed by atoms with van der Waals surface area (Å²) >= 11 is 0. The van der Waals surface area contributed by atoms with Gasteiger partial charge in [0.25, 0.3) is 0 Å². The number of aromatic carboxylic acids is 1. The molecule has 7 nitrogen and oxygen atoms in total. The molecule has 2 aliphatic rings. The number of carbonyl (C=O) groups excluding carboxylic acids is 2. The Morgan fingerprint density at radius 2 is 1.46 bits per heavy atom. The number of ketones is 1. The lowest BCUT2D eigenvalue weighted by atomic mass is 9.75. The van der Waals surface area contributed by atoms with Crippen LogP contribution in [-0.2, 0) is 15.3 Å². The quantitative estimate of drug-likeness (QED) is 0.692. The molecule has 2 N–H and O–H groups in total. The van der Waals surface area contributed by atoms with Crippen molar-refractivity contribution >= 4 is 23.2 Å². The van der Waals surface area contributed by atoms with Crippen LogP contribution in [0.25, 0.3) is 5.57 Å². The molecule has 1 fully saturated rings. The second kappa shape index (κ2) is 8.34. The smallest absolute Gasteiger partial charge is 0.336 e. The summed E-state index contributed by atoms with van der Waals surface area (Å²) in [5.41, 5.74) is -2.45. The maximum absolute atomic E-state index is 13.9. The van der Waals surface area contributed by atoms with Crippen LogP contribution in [-0.4, -0.2) is 54.8 Å². The zero-order valence-electron chi connectivity index (χ0n) is 20.8. The number of aliphatic hydroxyl groups is 1. The summed E-state index contributed by atoms with van der Waals surface area (Å²) in [5, 5.41) is 22.1. The first-order valence-electron chi connectivity index (χ1n) is 11.8. The third kappa shape index (κ3) is 3.93. The number of carboxylic acid groups (broad SMARTS) is 1. The number of likely N-dealkylation sites (tertiary alicyclic amines) is 1. The van der Waals surface area contributed by atoms with E-state index in [1.807, 2.05) is 50.8 Å². The molecule has 0 radical (unpaired) electrons. The molecule has 7 heteroatoms. The Balaban J connectivity index is 1.90. The predicted octanol–water partition coefficient (Wildman–Crippen LogP) is 4.02. The Kier molecular flexibility index (Phi) is 5.88. The molecule has 0 aliphatic carbocycles. The molecule has 184 valence electrons. The monoisotopic (exact) mass is 476 g/mol. The van der Waals surface area contributed by atoms with E-state index >= 15 is 0 Å². The van der Waals surface area contributed by atoms with E-state index in [0.717, 1.165) is 0 Å². The minimum absolute atomic E-state index is 0.0318. The van der Waals surface area contributed by atoms with Gasteiger partial charge in [0.15, 0.2) is 0 Å². The van der Waals surface area contributed by atoms with E-state index in [4.69, 9.17) is 0 Å². The Labute approximate surface area is 205 Å². The number of hydrogen-bond donors (Lipinski definition) is 2. The molecule has 1 atom stereocenters. The van der Waals surface area contributed by atoms with Crippen LogP contribution in [0.1, 0.15) is 68.9 Å². The van der Waals surface area contributed by atoms with E-state index in [9.17, 15) is 24.6 Å². The van der Waals surface area contributed by atoms with E-state index in [2.05, 4.69) is 0 Å². The van der Waals surface area contributed by atoms with Crippen molar-refractivity contribution in [2.24, 2.45) is 0 Å². The van der Waals surface area contributed by atoms with Gasteiger partial charge in [-0.25, -0.2) is 4.79 Å². The van der Waals surface area contributed by atoms with Gasteiger partial charge >= 0.3 is 5.97 Å². The molecular formula is C28H32N2O5. The number of hydrogen-bond acceptors (Lipinski definition) is 5. The molecule has 4 rings (SSSR count). The van der Waals surface area contributed by atoms with Gasteiger partial charge in [0.2, 0.25) is 17.4 Å². The second-order valence-electron chi connectivity index (χ2n) is 10.7. The number of Topliss-reactive ketones (excluding diaryl/α,β-unsaturated/α-hetero) is 1. The van der Waals surface area contributed by atoms with Crippen molar-refractivity contribution in [1.29, 1.82) is 0 Å². The first-order valence-corrected chi connectivity index (χ1v) is 11.8. The maximum atomic E-state index is 13.9. The first-order chi connectivity index (χ1) is 16.3. The summed E-state index contributed by atoms with van der Waals surface area (Å²) in [7, 11) is 0. The van der Waals surface area contributed by atoms with Gasteiger partial charge in [-0.2, -0.15) is 0 Å². The number of rotatable bonds is 4. The van der Waals surface area contributed by atoms with Crippen LogP contribution in [0.5, 0.6) is 0 Å². The summed E-state index contributed by atoms with van der Waals surface area (Å²) in [6.07, 6.45) is 2.63. The van der Waals surface area contributed by atoms with Crippen LogP contribution < -0.4 is 0 Å². The fourth-order valence-electron chi connectivity index (χ4n) is 6.30. The van der Waals surface area contributed by atoms with Crippen LogP contribution in [0.2, 0.25) is 0 Å². The average molecular weight is 477 g/mol. The lowest BCUT2D eigenvalue weighted by Gasteiger charge is -2.57. The molecule has 2 aliphatic heterocycles. The van der Waals surface area contributed by atoms with Gasteiger partial charge in [-0.1, -0.05) is 48.5 Å². The van der Waals surface area contributed by atoms with Gasteiger partial charge in [-0.05, 0) is 52.2 Å². The van der Waals surface area contributed by atoms with Crippen molar-refractivity contribution in [2.75, 3.05) is 0 Å². The number of amides is 1. The molecule has 1 amide bonds. The van der Waals surface area contributed by atoms with Gasteiger partial charge < -0.3 is 20.0 Å². The van der Waals surface area contributed by atoms with Crippen molar-refractivity contribution in [3.63, 3.8) is 0 Å². The molecule has 2 aromatic carbocycles. The second-order valence-corrected chi connectivity index (χ2v) is 10.7. The molecule has 1 unspecified atom stereocenters. The zero-order chi connectivity index (χ0) is 25.8. The number of piperidine rings is 1. The predicted molar refractivity (Wildman–Crippen MR) is 132 cm³/mol. The molecule has 0 spiro atoms. The van der Waals surface area contributed by atoms with Crippen molar-refractivity contribution in [1.82, 2.24) is 9.80 Å². The maximum Gasteiger partial charge on any atom is 0.336 e. The third-order valence-corrected chi connectivity index (χ3v) is 7.21. The Morgan fingerprint density at radius 1 is 0.914 bits per heavy atom. The minimum atomic E-state index is -2.20. The highest BCUT2D eigenvalue weighted by Gasteiger charge is 2.57. The normalized spacial score (nSPS) is 23.8. The van der Waals surface area contributed by atoms with E-state index in [0.29, 0.717) is 24.0 Å². The highest BCUT2D eigenvalue weighted by atomic mass is 16.4. The lowest BCUT2D eigenvalue weighted by molar-refractivity contribution is -0.168. The molecule has 0 bridgehead atoms. The number of carboxylic acids is 1. The Bertz CT molecular complexity index is 1200. The number of carbonyl (C=O) groups is 3. The average Bonchev–Trinajstić information content (AvgIpc) is 3.04. The number of benzene rings is 2. The van der Waals surface area contributed by atoms with E-state index in [1.165, 1.54) is 12.1 Å². The van der Waals surface area contributed by atoms with Gasteiger partial charge in [0.1, 0.15) is 0 Å². The largest absolute Gasteiger partial charge is 0.478 e. The topological polar surface area (TPSA) is 98.2 Å². The van der Waals surface area contributed by atoms with Crippen LogP contribution >= 0.6 is 0 Å². The van der Waals surface area contributed by atoms with Crippen molar-refractivity contribution in [2.45, 2.75) is 70.3 Å². The molecule has 0 saturated carbocycles. The fourth-order valence-corrected chi connectivity index (χ4v) is 6.30. The SMILES string of the molecule is CC(=O)N1C(C)(C)CC(N2C=C(c3ccccc3)C(=O)C2(O)c2ccccc2C(=O)O)CC1(C)C. The Morgan fingerprint density at radius 3 is 2.00 bits per heavy atom. The van der Waals surface area contributed by atoms with E-state index in [-0.39, 0.29) is 23.1 Å². The summed E-state index contributed by atoms with van der Waals surface area (Å²) in [6, 6.07) is 14.8. The minimum Gasteiger partial charge on any atom is -0.478 e. The van der Waals surface area contributed by atoms with Crippen LogP contribution in [0.4, 0.5) is 0 Å². The molecule has 0 aromatic heterocycles. The molecule has 2 aromatic rings. The van der Waals surface area contributed by atoms with Gasteiger partial charge in [0, 0.05) is 41.4 Å². The molecule has 2 heterocycles. The van der Waals surface area contributed by atoms with Crippen molar-refractivity contribution < 1.29 is 24.6 Å². The summed E-state index contributed by atoms with van der Waals surface area (Å²) in [6.45, 7) is 9.47. The fraction of sp³-hybridized carbons (Fsp3) is 0.393. The third-order valence-electron chi connectivity index (χ3n) is 7.21. The van der Waals surface area contributed by atoms with E-state index in [1.54, 1.807) is 42.3 Å².